The van der Waals surface area contributed by atoms with Crippen LogP contribution in [0.25, 0.3) is 0 Å². The summed E-state index contributed by atoms with van der Waals surface area (Å²) in [5.41, 5.74) is 0. The van der Waals surface area contributed by atoms with Crippen LogP contribution < -0.4 is 0 Å². The van der Waals surface area contributed by atoms with E-state index >= 15 is 0 Å². The van der Waals surface area contributed by atoms with Crippen molar-refractivity contribution in [2.24, 2.45) is 5.92 Å². The Labute approximate surface area is 131 Å². The molecule has 0 saturated heterocycles. The van der Waals surface area contributed by atoms with Crippen molar-refractivity contribution in [1.29, 1.82) is 0 Å². The third-order valence-electron chi connectivity index (χ3n) is 3.54. The second-order valence-corrected chi connectivity index (χ2v) is 6.13. The van der Waals surface area contributed by atoms with Crippen molar-refractivity contribution in [2.45, 2.75) is 57.8 Å². The van der Waals surface area contributed by atoms with Crippen LogP contribution in [0.1, 0.15) is 57.8 Å². The fourth-order valence-corrected chi connectivity index (χ4v) is 2.69. The average Bonchev–Trinajstić information content (AvgIpc) is 2.99. The number of rotatable bonds is 12. The first-order valence-corrected chi connectivity index (χ1v) is 9.04. The summed E-state index contributed by atoms with van der Waals surface area (Å²) < 4.78 is 5.25. The van der Waals surface area contributed by atoms with Crippen LogP contribution >= 0.6 is 15.9 Å². The van der Waals surface area contributed by atoms with Crippen molar-refractivity contribution in [3.05, 3.63) is 24.3 Å². The summed E-state index contributed by atoms with van der Waals surface area (Å²) in [7, 11) is 0. The molecule has 0 radical (unpaired) electrons. The lowest BCUT2D eigenvalue weighted by Crippen LogP contribution is -2.13. The molecule has 0 heterocycles. The molecule has 0 aromatic rings. The topological polar surface area (TPSA) is 26.3 Å². The minimum Gasteiger partial charge on any atom is -0.465 e. The molecule has 0 aromatic heterocycles. The van der Waals surface area contributed by atoms with Crippen molar-refractivity contribution in [2.75, 3.05) is 11.9 Å². The fourth-order valence-electron chi connectivity index (χ4n) is 2.29. The molecule has 0 saturated carbocycles. The monoisotopic (exact) mass is 342 g/mol. The zero-order valence-electron chi connectivity index (χ0n) is 12.4. The van der Waals surface area contributed by atoms with Gasteiger partial charge in [0.1, 0.15) is 0 Å². The van der Waals surface area contributed by atoms with Gasteiger partial charge in [-0.05, 0) is 12.8 Å². The number of carbonyl (C=O) groups is 1. The highest BCUT2D eigenvalue weighted by atomic mass is 79.9. The van der Waals surface area contributed by atoms with Gasteiger partial charge in [-0.25, -0.2) is 0 Å². The Bertz CT molecular complexity index is 298. The average molecular weight is 343 g/mol. The van der Waals surface area contributed by atoms with Gasteiger partial charge in [-0.15, -0.1) is 0 Å². The van der Waals surface area contributed by atoms with Gasteiger partial charge in [-0.1, -0.05) is 85.2 Å². The molecule has 0 aliphatic heterocycles. The highest BCUT2D eigenvalue weighted by Crippen LogP contribution is 2.12. The number of hydrogen-bond acceptors (Lipinski definition) is 2. The second kappa shape index (κ2) is 12.2. The van der Waals surface area contributed by atoms with E-state index in [1.165, 1.54) is 51.4 Å². The molecule has 0 unspecified atom stereocenters. The van der Waals surface area contributed by atoms with Crippen molar-refractivity contribution in [3.8, 4) is 0 Å². The normalized spacial score (nSPS) is 14.1. The molecule has 0 amide bonds. The van der Waals surface area contributed by atoms with Crippen LogP contribution in [0.3, 0.4) is 0 Å². The molecule has 0 spiro atoms. The lowest BCUT2D eigenvalue weighted by molar-refractivity contribution is -0.145. The van der Waals surface area contributed by atoms with Crippen LogP contribution in [0.2, 0.25) is 0 Å². The maximum atomic E-state index is 11.6. The molecule has 0 aromatic carbocycles. The molecule has 3 heteroatoms. The zero-order chi connectivity index (χ0) is 14.5. The van der Waals surface area contributed by atoms with Crippen LogP contribution in [-0.4, -0.2) is 17.9 Å². The Balaban J connectivity index is 1.79. The first-order chi connectivity index (χ1) is 9.84. The molecule has 2 nitrogen and oxygen atoms in total. The molecular weight excluding hydrogens is 316 g/mol. The van der Waals surface area contributed by atoms with E-state index in [0.29, 0.717) is 6.61 Å². The van der Waals surface area contributed by atoms with Crippen molar-refractivity contribution >= 4 is 21.9 Å². The lowest BCUT2D eigenvalue weighted by Gasteiger charge is -2.07. The molecule has 1 aliphatic carbocycles. The number of ether oxygens (including phenoxy) is 1. The first kappa shape index (κ1) is 17.5. The molecule has 1 aliphatic rings. The minimum absolute atomic E-state index is 0.109. The smallest absolute Gasteiger partial charge is 0.316 e. The molecule has 20 heavy (non-hydrogen) atoms. The first-order valence-electron chi connectivity index (χ1n) is 7.92. The number of hydrogen-bond donors (Lipinski definition) is 0. The van der Waals surface area contributed by atoms with Gasteiger partial charge in [0.15, 0.2) is 0 Å². The zero-order valence-corrected chi connectivity index (χ0v) is 13.9. The number of halogens is 1. The van der Waals surface area contributed by atoms with E-state index in [9.17, 15) is 4.79 Å². The quantitative estimate of drug-likeness (QED) is 0.277. The number of alkyl halides is 1. The van der Waals surface area contributed by atoms with E-state index in [1.807, 2.05) is 24.3 Å². The van der Waals surface area contributed by atoms with E-state index in [2.05, 4.69) is 15.9 Å². The number of esters is 1. The Morgan fingerprint density at radius 1 is 0.850 bits per heavy atom. The Kier molecular flexibility index (Phi) is 10.7. The van der Waals surface area contributed by atoms with Crippen LogP contribution in [0.15, 0.2) is 24.3 Å². The van der Waals surface area contributed by atoms with Gasteiger partial charge >= 0.3 is 5.97 Å². The van der Waals surface area contributed by atoms with Crippen molar-refractivity contribution in [1.82, 2.24) is 0 Å². The summed E-state index contributed by atoms with van der Waals surface area (Å²) in [6, 6.07) is 0. The van der Waals surface area contributed by atoms with E-state index in [-0.39, 0.29) is 11.9 Å². The molecule has 0 N–H and O–H groups in total. The van der Waals surface area contributed by atoms with Crippen LogP contribution in [-0.2, 0) is 9.53 Å². The summed E-state index contributed by atoms with van der Waals surface area (Å²) in [5, 5.41) is 1.14. The number of carbonyl (C=O) groups excluding carboxylic acids is 1. The Morgan fingerprint density at radius 3 is 1.90 bits per heavy atom. The van der Waals surface area contributed by atoms with Crippen molar-refractivity contribution in [3.63, 3.8) is 0 Å². The Hall–Kier alpha value is -0.570. The SMILES string of the molecule is O=C(OCCCCCCCCCCCBr)C1C=CC=C1. The predicted molar refractivity (Wildman–Crippen MR) is 88.1 cm³/mol. The third-order valence-corrected chi connectivity index (χ3v) is 4.10. The highest BCUT2D eigenvalue weighted by Gasteiger charge is 2.14. The van der Waals surface area contributed by atoms with Gasteiger partial charge in [0.05, 0.1) is 12.5 Å². The molecule has 114 valence electrons. The third kappa shape index (κ3) is 8.57. The summed E-state index contributed by atoms with van der Waals surface area (Å²) >= 11 is 3.46. The van der Waals surface area contributed by atoms with E-state index < -0.39 is 0 Å². The van der Waals surface area contributed by atoms with Gasteiger partial charge in [0.25, 0.3) is 0 Å². The van der Waals surface area contributed by atoms with Crippen LogP contribution in [0.4, 0.5) is 0 Å². The summed E-state index contributed by atoms with van der Waals surface area (Å²) in [4.78, 5) is 11.6. The van der Waals surface area contributed by atoms with Gasteiger partial charge in [-0.2, -0.15) is 0 Å². The second-order valence-electron chi connectivity index (χ2n) is 5.33. The van der Waals surface area contributed by atoms with Gasteiger partial charge in [0.2, 0.25) is 0 Å². The van der Waals surface area contributed by atoms with Gasteiger partial charge < -0.3 is 4.74 Å². The Morgan fingerprint density at radius 2 is 1.35 bits per heavy atom. The lowest BCUT2D eigenvalue weighted by atomic mass is 10.1. The molecule has 0 fully saturated rings. The van der Waals surface area contributed by atoms with E-state index in [0.717, 1.165) is 11.8 Å². The van der Waals surface area contributed by atoms with Crippen LogP contribution in [0.5, 0.6) is 0 Å². The molecule has 1 rings (SSSR count). The maximum absolute atomic E-state index is 11.6. The van der Waals surface area contributed by atoms with E-state index in [1.54, 1.807) is 0 Å². The predicted octanol–water partition coefficient (Wildman–Crippen LogP) is 5.18. The largest absolute Gasteiger partial charge is 0.465 e. The fraction of sp³-hybridized carbons (Fsp3) is 0.706. The standard InChI is InChI=1S/C17H27BrO2/c18-14-10-6-4-2-1-3-5-7-11-15-20-17(19)16-12-8-9-13-16/h8-9,12-13,16H,1-7,10-11,14-15H2. The number of unbranched alkanes of at least 4 members (excludes halogenated alkanes) is 8. The highest BCUT2D eigenvalue weighted by molar-refractivity contribution is 9.09. The molecular formula is C17H27BrO2. The summed E-state index contributed by atoms with van der Waals surface area (Å²) in [6.45, 7) is 0.572. The van der Waals surface area contributed by atoms with Crippen molar-refractivity contribution < 1.29 is 9.53 Å². The summed E-state index contributed by atoms with van der Waals surface area (Å²) in [5.74, 6) is -0.253. The van der Waals surface area contributed by atoms with Gasteiger partial charge in [0, 0.05) is 5.33 Å². The van der Waals surface area contributed by atoms with E-state index in [4.69, 9.17) is 4.74 Å². The maximum Gasteiger partial charge on any atom is 0.316 e. The van der Waals surface area contributed by atoms with Crippen LogP contribution in [0, 0.1) is 5.92 Å². The van der Waals surface area contributed by atoms with Gasteiger partial charge in [-0.3, -0.25) is 4.79 Å². The summed E-state index contributed by atoms with van der Waals surface area (Å²) in [6.07, 6.45) is 19.0. The minimum atomic E-state index is -0.144. The molecule has 0 bridgehead atoms. The molecule has 0 atom stereocenters. The number of allylic oxidation sites excluding steroid dienone is 2.